The van der Waals surface area contributed by atoms with Crippen LogP contribution in [0.5, 0.6) is 5.75 Å². The van der Waals surface area contributed by atoms with Crippen LogP contribution in [0, 0.1) is 0 Å². The molecule has 0 saturated carbocycles. The van der Waals surface area contributed by atoms with E-state index in [-0.39, 0.29) is 11.9 Å². The summed E-state index contributed by atoms with van der Waals surface area (Å²) in [6.07, 6.45) is 1.94. The maximum atomic E-state index is 13.3. The summed E-state index contributed by atoms with van der Waals surface area (Å²) in [5.74, 6) is 0.865. The Morgan fingerprint density at radius 2 is 1.71 bits per heavy atom. The molecule has 0 saturated heterocycles. The molecule has 0 radical (unpaired) electrons. The molecule has 31 heavy (non-hydrogen) atoms. The quantitative estimate of drug-likeness (QED) is 0.493. The molecule has 3 aromatic carbocycles. The Morgan fingerprint density at radius 1 is 0.968 bits per heavy atom. The van der Waals surface area contributed by atoms with E-state index in [2.05, 4.69) is 56.4 Å². The van der Waals surface area contributed by atoms with Crippen LogP contribution in [0.15, 0.2) is 78.9 Å². The first kappa shape index (κ1) is 21.0. The number of para-hydroxylation sites is 1. The van der Waals surface area contributed by atoms with Gasteiger partial charge in [0.2, 0.25) is 0 Å². The van der Waals surface area contributed by atoms with E-state index in [9.17, 15) is 4.79 Å². The summed E-state index contributed by atoms with van der Waals surface area (Å²) in [5.41, 5.74) is 3.24. The summed E-state index contributed by atoms with van der Waals surface area (Å²) < 4.78 is 6.07. The normalized spacial score (nSPS) is 17.9. The van der Waals surface area contributed by atoms with Crippen molar-refractivity contribution >= 4 is 11.6 Å². The van der Waals surface area contributed by atoms with Gasteiger partial charge in [-0.1, -0.05) is 54.6 Å². The summed E-state index contributed by atoms with van der Waals surface area (Å²) in [5, 5.41) is 3.62. The van der Waals surface area contributed by atoms with Gasteiger partial charge in [0.15, 0.2) is 0 Å². The van der Waals surface area contributed by atoms with Crippen molar-refractivity contribution in [1.29, 1.82) is 0 Å². The third kappa shape index (κ3) is 4.29. The molecule has 0 aromatic heterocycles. The van der Waals surface area contributed by atoms with Gasteiger partial charge in [0.25, 0.3) is 5.91 Å². The number of aryl methyl sites for hydroxylation is 1. The van der Waals surface area contributed by atoms with E-state index in [1.54, 1.807) is 0 Å². The molecular formula is C27H30N2O2. The second kappa shape index (κ2) is 8.84. The van der Waals surface area contributed by atoms with Gasteiger partial charge in [-0.2, -0.15) is 0 Å². The predicted molar refractivity (Wildman–Crippen MR) is 125 cm³/mol. The highest BCUT2D eigenvalue weighted by molar-refractivity contribution is 6.02. The standard InChI is InChI=1S/C27H30N2O2/c1-20(2)29-26(30)24-16-7-8-17-25(24)28-27(29,3)22-14-9-15-23(19-22)31-18-10-13-21-11-5-4-6-12-21/h4-9,11-12,14-17,19-20,28H,10,13,18H2,1-3H3. The SMILES string of the molecule is CC(C)N1C(=O)c2ccccc2NC1(C)c1cccc(OCCCc2ccccc2)c1. The number of rotatable bonds is 7. The van der Waals surface area contributed by atoms with Crippen LogP contribution in [-0.2, 0) is 12.1 Å². The first-order valence-corrected chi connectivity index (χ1v) is 11.0. The zero-order chi connectivity index (χ0) is 21.8. The summed E-state index contributed by atoms with van der Waals surface area (Å²) in [6, 6.07) is 26.3. The van der Waals surface area contributed by atoms with Gasteiger partial charge >= 0.3 is 0 Å². The summed E-state index contributed by atoms with van der Waals surface area (Å²) >= 11 is 0. The zero-order valence-electron chi connectivity index (χ0n) is 18.5. The second-order valence-electron chi connectivity index (χ2n) is 8.48. The number of hydrogen-bond donors (Lipinski definition) is 1. The predicted octanol–water partition coefficient (Wildman–Crippen LogP) is 5.85. The van der Waals surface area contributed by atoms with Crippen molar-refractivity contribution in [2.45, 2.75) is 45.3 Å². The van der Waals surface area contributed by atoms with Crippen LogP contribution in [0.25, 0.3) is 0 Å². The number of amides is 1. The molecule has 1 heterocycles. The zero-order valence-corrected chi connectivity index (χ0v) is 18.5. The molecule has 4 rings (SSSR count). The van der Waals surface area contributed by atoms with Gasteiger partial charge in [0, 0.05) is 17.3 Å². The number of nitrogens with one attached hydrogen (secondary N) is 1. The van der Waals surface area contributed by atoms with E-state index in [0.29, 0.717) is 12.2 Å². The van der Waals surface area contributed by atoms with E-state index in [0.717, 1.165) is 29.8 Å². The van der Waals surface area contributed by atoms with E-state index in [4.69, 9.17) is 4.74 Å². The van der Waals surface area contributed by atoms with Crippen LogP contribution in [0.1, 0.15) is 48.7 Å². The number of nitrogens with zero attached hydrogens (tertiary/aromatic N) is 1. The maximum absolute atomic E-state index is 13.3. The van der Waals surface area contributed by atoms with Crippen molar-refractivity contribution in [2.24, 2.45) is 0 Å². The average molecular weight is 415 g/mol. The number of hydrogen-bond acceptors (Lipinski definition) is 3. The van der Waals surface area contributed by atoms with Gasteiger partial charge < -0.3 is 15.0 Å². The summed E-state index contributed by atoms with van der Waals surface area (Å²) in [6.45, 7) is 6.82. The van der Waals surface area contributed by atoms with Gasteiger partial charge in [-0.15, -0.1) is 0 Å². The Morgan fingerprint density at radius 3 is 2.48 bits per heavy atom. The van der Waals surface area contributed by atoms with Crippen molar-refractivity contribution in [3.05, 3.63) is 95.6 Å². The molecule has 1 unspecified atom stereocenters. The van der Waals surface area contributed by atoms with Gasteiger partial charge in [0.1, 0.15) is 11.4 Å². The Bertz CT molecular complexity index is 1050. The number of ether oxygens (including phenoxy) is 1. The lowest BCUT2D eigenvalue weighted by Gasteiger charge is -2.48. The Kier molecular flexibility index (Phi) is 5.99. The van der Waals surface area contributed by atoms with Gasteiger partial charge in [-0.25, -0.2) is 0 Å². The molecule has 0 fully saturated rings. The molecule has 160 valence electrons. The number of carbonyl (C=O) groups excluding carboxylic acids is 1. The summed E-state index contributed by atoms with van der Waals surface area (Å²) in [4.78, 5) is 15.3. The Labute approximate surface area is 184 Å². The molecule has 1 atom stereocenters. The molecule has 4 nitrogen and oxygen atoms in total. The van der Waals surface area contributed by atoms with E-state index < -0.39 is 5.66 Å². The van der Waals surface area contributed by atoms with Crippen LogP contribution in [0.3, 0.4) is 0 Å². The van der Waals surface area contributed by atoms with Crippen molar-refractivity contribution in [3.63, 3.8) is 0 Å². The molecule has 1 aliphatic heterocycles. The maximum Gasteiger partial charge on any atom is 0.258 e. The average Bonchev–Trinajstić information content (AvgIpc) is 2.77. The molecule has 0 bridgehead atoms. The van der Waals surface area contributed by atoms with Gasteiger partial charge in [-0.3, -0.25) is 4.79 Å². The van der Waals surface area contributed by atoms with Crippen LogP contribution >= 0.6 is 0 Å². The van der Waals surface area contributed by atoms with E-state index >= 15 is 0 Å². The molecule has 0 aliphatic carbocycles. The van der Waals surface area contributed by atoms with Crippen molar-refractivity contribution < 1.29 is 9.53 Å². The molecule has 3 aromatic rings. The lowest BCUT2D eigenvalue weighted by molar-refractivity contribution is 0.0433. The third-order valence-corrected chi connectivity index (χ3v) is 5.87. The number of fused-ring (bicyclic) bond motifs is 1. The lowest BCUT2D eigenvalue weighted by Crippen LogP contribution is -2.58. The second-order valence-corrected chi connectivity index (χ2v) is 8.48. The van der Waals surface area contributed by atoms with Gasteiger partial charge in [0.05, 0.1) is 12.2 Å². The number of anilines is 1. The van der Waals surface area contributed by atoms with Crippen LogP contribution in [0.2, 0.25) is 0 Å². The smallest absolute Gasteiger partial charge is 0.258 e. The molecule has 1 amide bonds. The van der Waals surface area contributed by atoms with Crippen molar-refractivity contribution in [2.75, 3.05) is 11.9 Å². The van der Waals surface area contributed by atoms with Crippen LogP contribution < -0.4 is 10.1 Å². The highest BCUT2D eigenvalue weighted by Crippen LogP contribution is 2.39. The Balaban J connectivity index is 1.53. The molecular weight excluding hydrogens is 384 g/mol. The fourth-order valence-electron chi connectivity index (χ4n) is 4.40. The van der Waals surface area contributed by atoms with Crippen molar-refractivity contribution in [3.8, 4) is 5.75 Å². The van der Waals surface area contributed by atoms with Gasteiger partial charge in [-0.05, 0) is 63.4 Å². The Hall–Kier alpha value is -3.27. The molecule has 4 heteroatoms. The van der Waals surface area contributed by atoms with Crippen LogP contribution in [-0.4, -0.2) is 23.5 Å². The van der Waals surface area contributed by atoms with Crippen LogP contribution in [0.4, 0.5) is 5.69 Å². The minimum absolute atomic E-state index is 0.0359. The first-order valence-electron chi connectivity index (χ1n) is 11.0. The number of carbonyl (C=O) groups is 1. The first-order chi connectivity index (χ1) is 15.0. The summed E-state index contributed by atoms with van der Waals surface area (Å²) in [7, 11) is 0. The van der Waals surface area contributed by atoms with E-state index in [1.165, 1.54) is 5.56 Å². The monoisotopic (exact) mass is 414 g/mol. The third-order valence-electron chi connectivity index (χ3n) is 5.87. The minimum Gasteiger partial charge on any atom is -0.494 e. The minimum atomic E-state index is -0.664. The van der Waals surface area contributed by atoms with Crippen molar-refractivity contribution in [1.82, 2.24) is 4.90 Å². The fraction of sp³-hybridized carbons (Fsp3) is 0.296. The lowest BCUT2D eigenvalue weighted by atomic mass is 9.92. The van der Waals surface area contributed by atoms with E-state index in [1.807, 2.05) is 53.4 Å². The largest absolute Gasteiger partial charge is 0.494 e. The topological polar surface area (TPSA) is 41.6 Å². The molecule has 0 spiro atoms. The fourth-order valence-corrected chi connectivity index (χ4v) is 4.40. The highest BCUT2D eigenvalue weighted by atomic mass is 16.5. The molecule has 1 N–H and O–H groups in total. The highest BCUT2D eigenvalue weighted by Gasteiger charge is 2.43. The number of benzene rings is 3. The molecule has 1 aliphatic rings.